The lowest BCUT2D eigenvalue weighted by Crippen LogP contribution is -2.33. The Morgan fingerprint density at radius 3 is 2.58 bits per heavy atom. The number of rotatable bonds is 6. The Bertz CT molecular complexity index is 814. The molecule has 3 rings (SSSR count). The minimum Gasteiger partial charge on any atom is -0.497 e. The number of methoxy groups -OCH3 is 1. The number of nitrogens with one attached hydrogen (secondary N) is 1. The van der Waals surface area contributed by atoms with Gasteiger partial charge in [0.25, 0.3) is 5.56 Å². The number of aromatic amines is 1. The molecule has 0 spiro atoms. The second-order valence-corrected chi connectivity index (χ2v) is 6.31. The van der Waals surface area contributed by atoms with Crippen LogP contribution in [-0.2, 0) is 11.2 Å². The number of aryl methyl sites for hydroxylation is 1. The number of aromatic nitrogens is 2. The van der Waals surface area contributed by atoms with Crippen LogP contribution >= 0.6 is 0 Å². The molecular weight excluding hydrogens is 332 g/mol. The van der Waals surface area contributed by atoms with Crippen molar-refractivity contribution < 1.29 is 9.47 Å². The van der Waals surface area contributed by atoms with Gasteiger partial charge in [0.2, 0.25) is 0 Å². The standard InChI is InChI=1S/C19H26N4O3/c1-4-5-17-18(14(2)20-22-10-12-26-13-11-22)19(24)23(21-17)15-6-8-16(25-3)9-7-15/h6-9,21H,4-5,10-13H2,1-3H3/b20-14+. The van der Waals surface area contributed by atoms with E-state index in [4.69, 9.17) is 9.47 Å². The van der Waals surface area contributed by atoms with Crippen molar-refractivity contribution in [2.75, 3.05) is 33.4 Å². The lowest BCUT2D eigenvalue weighted by atomic mass is 10.1. The van der Waals surface area contributed by atoms with Gasteiger partial charge in [-0.1, -0.05) is 13.3 Å². The first-order valence-corrected chi connectivity index (χ1v) is 9.00. The van der Waals surface area contributed by atoms with E-state index in [1.807, 2.05) is 36.2 Å². The van der Waals surface area contributed by atoms with Crippen LogP contribution in [0.1, 0.15) is 31.5 Å². The summed E-state index contributed by atoms with van der Waals surface area (Å²) in [5.74, 6) is 0.757. The van der Waals surface area contributed by atoms with Crippen LogP contribution < -0.4 is 10.3 Å². The van der Waals surface area contributed by atoms with Gasteiger partial charge < -0.3 is 9.47 Å². The molecule has 140 valence electrons. The zero-order valence-corrected chi connectivity index (χ0v) is 15.6. The Morgan fingerprint density at radius 1 is 1.27 bits per heavy atom. The maximum atomic E-state index is 13.1. The summed E-state index contributed by atoms with van der Waals surface area (Å²) in [6, 6.07) is 7.42. The number of hydrazone groups is 1. The van der Waals surface area contributed by atoms with Crippen molar-refractivity contribution in [3.8, 4) is 11.4 Å². The second-order valence-electron chi connectivity index (χ2n) is 6.31. The summed E-state index contributed by atoms with van der Waals surface area (Å²) in [6.07, 6.45) is 1.74. The van der Waals surface area contributed by atoms with Crippen molar-refractivity contribution in [1.82, 2.24) is 14.8 Å². The van der Waals surface area contributed by atoms with Crippen molar-refractivity contribution >= 4 is 5.71 Å². The average molecular weight is 358 g/mol. The number of nitrogens with zero attached hydrogens (tertiary/aromatic N) is 3. The molecule has 0 aliphatic carbocycles. The zero-order chi connectivity index (χ0) is 18.5. The predicted molar refractivity (Wildman–Crippen MR) is 102 cm³/mol. The number of H-pyrrole nitrogens is 1. The molecule has 7 heteroatoms. The normalized spacial score (nSPS) is 15.3. The molecule has 1 fully saturated rings. The van der Waals surface area contributed by atoms with Gasteiger partial charge in [-0.15, -0.1) is 0 Å². The number of hydrogen-bond acceptors (Lipinski definition) is 5. The number of hydrogen-bond donors (Lipinski definition) is 1. The molecule has 1 aromatic heterocycles. The van der Waals surface area contributed by atoms with E-state index in [2.05, 4.69) is 17.1 Å². The fraction of sp³-hybridized carbons (Fsp3) is 0.474. The summed E-state index contributed by atoms with van der Waals surface area (Å²) in [7, 11) is 1.62. The topological polar surface area (TPSA) is 71.8 Å². The molecule has 7 nitrogen and oxygen atoms in total. The van der Waals surface area contributed by atoms with Crippen molar-refractivity contribution in [3.63, 3.8) is 0 Å². The minimum atomic E-state index is -0.0758. The summed E-state index contributed by atoms with van der Waals surface area (Å²) in [4.78, 5) is 13.1. The van der Waals surface area contributed by atoms with Crippen molar-refractivity contribution in [2.45, 2.75) is 26.7 Å². The Balaban J connectivity index is 1.99. The quantitative estimate of drug-likeness (QED) is 0.804. The molecule has 0 atom stereocenters. The maximum Gasteiger partial charge on any atom is 0.280 e. The van der Waals surface area contributed by atoms with E-state index in [9.17, 15) is 4.79 Å². The van der Waals surface area contributed by atoms with Crippen molar-refractivity contribution in [1.29, 1.82) is 0 Å². The Hall–Kier alpha value is -2.54. The third kappa shape index (κ3) is 3.83. The van der Waals surface area contributed by atoms with E-state index in [-0.39, 0.29) is 5.56 Å². The highest BCUT2D eigenvalue weighted by molar-refractivity contribution is 5.99. The van der Waals surface area contributed by atoms with Crippen LogP contribution in [0.5, 0.6) is 5.75 Å². The highest BCUT2D eigenvalue weighted by Gasteiger charge is 2.19. The molecule has 26 heavy (non-hydrogen) atoms. The van der Waals surface area contributed by atoms with Gasteiger partial charge in [-0.25, -0.2) is 4.68 Å². The highest BCUT2D eigenvalue weighted by atomic mass is 16.5. The molecule has 2 aromatic rings. The van der Waals surface area contributed by atoms with Gasteiger partial charge >= 0.3 is 0 Å². The number of morpholine rings is 1. The molecule has 0 unspecified atom stereocenters. The Labute approximate surface area is 153 Å². The summed E-state index contributed by atoms with van der Waals surface area (Å²) < 4.78 is 12.1. The van der Waals surface area contributed by atoms with Gasteiger partial charge in [0.1, 0.15) is 5.75 Å². The van der Waals surface area contributed by atoms with Crippen LogP contribution in [0.2, 0.25) is 0 Å². The van der Waals surface area contributed by atoms with Crippen LogP contribution in [0.4, 0.5) is 0 Å². The summed E-state index contributed by atoms with van der Waals surface area (Å²) in [6.45, 7) is 6.83. The van der Waals surface area contributed by atoms with Gasteiger partial charge in [0.15, 0.2) is 0 Å². The Morgan fingerprint density at radius 2 is 1.96 bits per heavy atom. The third-order valence-electron chi connectivity index (χ3n) is 4.44. The van der Waals surface area contributed by atoms with E-state index in [1.54, 1.807) is 11.8 Å². The molecule has 1 aliphatic heterocycles. The molecule has 0 bridgehead atoms. The fourth-order valence-electron chi connectivity index (χ4n) is 3.12. The van der Waals surface area contributed by atoms with Crippen LogP contribution in [0.15, 0.2) is 34.2 Å². The monoisotopic (exact) mass is 358 g/mol. The van der Waals surface area contributed by atoms with Crippen molar-refractivity contribution in [3.05, 3.63) is 45.9 Å². The highest BCUT2D eigenvalue weighted by Crippen LogP contribution is 2.15. The van der Waals surface area contributed by atoms with Gasteiger partial charge in [-0.3, -0.25) is 14.9 Å². The molecular formula is C19H26N4O3. The Kier molecular flexibility index (Phi) is 5.78. The molecule has 1 aromatic carbocycles. The first kappa shape index (κ1) is 18.3. The number of benzene rings is 1. The van der Waals surface area contributed by atoms with E-state index < -0.39 is 0 Å². The van der Waals surface area contributed by atoms with Gasteiger partial charge in [0.05, 0.1) is 50.4 Å². The fourth-order valence-corrected chi connectivity index (χ4v) is 3.12. The molecule has 2 heterocycles. The third-order valence-corrected chi connectivity index (χ3v) is 4.44. The van der Waals surface area contributed by atoms with Crippen LogP contribution in [-0.4, -0.2) is 53.9 Å². The molecule has 1 aliphatic rings. The maximum absolute atomic E-state index is 13.1. The lowest BCUT2D eigenvalue weighted by Gasteiger charge is -2.24. The largest absolute Gasteiger partial charge is 0.497 e. The molecule has 0 radical (unpaired) electrons. The van der Waals surface area contributed by atoms with Crippen LogP contribution in [0.3, 0.4) is 0 Å². The molecule has 0 amide bonds. The van der Waals surface area contributed by atoms with Crippen LogP contribution in [0, 0.1) is 0 Å². The molecule has 0 saturated carbocycles. The van der Waals surface area contributed by atoms with E-state index in [0.717, 1.165) is 48.8 Å². The van der Waals surface area contributed by atoms with E-state index in [0.29, 0.717) is 18.8 Å². The summed E-state index contributed by atoms with van der Waals surface area (Å²) >= 11 is 0. The second kappa shape index (κ2) is 8.23. The predicted octanol–water partition coefficient (Wildman–Crippen LogP) is 2.18. The van der Waals surface area contributed by atoms with Gasteiger partial charge in [0, 0.05) is 5.69 Å². The van der Waals surface area contributed by atoms with Gasteiger partial charge in [-0.05, 0) is 37.6 Å². The van der Waals surface area contributed by atoms with Crippen LogP contribution in [0.25, 0.3) is 5.69 Å². The summed E-state index contributed by atoms with van der Waals surface area (Å²) in [5, 5.41) is 9.89. The van der Waals surface area contributed by atoms with E-state index in [1.165, 1.54) is 0 Å². The lowest BCUT2D eigenvalue weighted by molar-refractivity contribution is 0.0393. The average Bonchev–Trinajstić information content (AvgIpc) is 2.99. The number of ether oxygens (including phenoxy) is 2. The van der Waals surface area contributed by atoms with Gasteiger partial charge in [-0.2, -0.15) is 5.10 Å². The smallest absolute Gasteiger partial charge is 0.280 e. The first-order chi connectivity index (χ1) is 12.6. The molecule has 1 N–H and O–H groups in total. The first-order valence-electron chi connectivity index (χ1n) is 9.00. The SMILES string of the molecule is CCCc1[nH]n(-c2ccc(OC)cc2)c(=O)c1/C(C)=N/N1CCOCC1. The minimum absolute atomic E-state index is 0.0758. The zero-order valence-electron chi connectivity index (χ0n) is 15.6. The molecule has 1 saturated heterocycles. The van der Waals surface area contributed by atoms with Crippen molar-refractivity contribution in [2.24, 2.45) is 5.10 Å². The van der Waals surface area contributed by atoms with E-state index >= 15 is 0 Å². The summed E-state index contributed by atoms with van der Waals surface area (Å²) in [5.41, 5.74) is 3.02.